The van der Waals surface area contributed by atoms with E-state index in [1.54, 1.807) is 11.8 Å². The van der Waals surface area contributed by atoms with Gasteiger partial charge in [-0.2, -0.15) is 17.0 Å². The highest BCUT2D eigenvalue weighted by molar-refractivity contribution is 7.98. The molecule has 0 rings (SSSR count). The molecule has 0 heterocycles. The zero-order valence-electron chi connectivity index (χ0n) is 7.08. The van der Waals surface area contributed by atoms with E-state index in [2.05, 4.69) is 6.07 Å². The molecule has 0 amide bonds. The van der Waals surface area contributed by atoms with E-state index >= 15 is 0 Å². The Morgan fingerprint density at radius 1 is 1.64 bits per heavy atom. The van der Waals surface area contributed by atoms with E-state index < -0.39 is 6.10 Å². The number of aliphatic hydroxyl groups is 1. The number of hydrogen-bond donors (Lipinski definition) is 1. The second-order valence-corrected chi connectivity index (χ2v) is 3.48. The first kappa shape index (κ1) is 10.8. The van der Waals surface area contributed by atoms with Crippen LogP contribution in [0.3, 0.4) is 0 Å². The van der Waals surface area contributed by atoms with Gasteiger partial charge in [-0.05, 0) is 24.9 Å². The monoisotopic (exact) mass is 173 g/mol. The van der Waals surface area contributed by atoms with Crippen LogP contribution in [0.25, 0.3) is 0 Å². The molecule has 0 saturated carbocycles. The lowest BCUT2D eigenvalue weighted by Gasteiger charge is -2.13. The fourth-order valence-electron chi connectivity index (χ4n) is 0.889. The average Bonchev–Trinajstić information content (AvgIpc) is 2.03. The molecule has 2 nitrogen and oxygen atoms in total. The molecule has 2 unspecified atom stereocenters. The lowest BCUT2D eigenvalue weighted by molar-refractivity contribution is 0.128. The van der Waals surface area contributed by atoms with Crippen molar-refractivity contribution < 1.29 is 5.11 Å². The molecular weight excluding hydrogens is 158 g/mol. The van der Waals surface area contributed by atoms with Crippen LogP contribution < -0.4 is 0 Å². The third-order valence-electron chi connectivity index (χ3n) is 1.69. The van der Waals surface area contributed by atoms with Crippen LogP contribution in [-0.4, -0.2) is 23.2 Å². The molecule has 0 radical (unpaired) electrons. The van der Waals surface area contributed by atoms with Gasteiger partial charge in [-0.3, -0.25) is 0 Å². The molecule has 0 aromatic carbocycles. The van der Waals surface area contributed by atoms with Crippen LogP contribution in [0.2, 0.25) is 0 Å². The van der Waals surface area contributed by atoms with Crippen LogP contribution in [0.1, 0.15) is 19.8 Å². The maximum atomic E-state index is 9.40. The van der Waals surface area contributed by atoms with Crippen molar-refractivity contribution in [1.82, 2.24) is 0 Å². The maximum Gasteiger partial charge on any atom is 0.0720 e. The minimum absolute atomic E-state index is 0.179. The fraction of sp³-hybridized carbons (Fsp3) is 0.875. The number of nitriles is 1. The number of hydrogen-bond acceptors (Lipinski definition) is 3. The topological polar surface area (TPSA) is 44.0 Å². The van der Waals surface area contributed by atoms with Gasteiger partial charge < -0.3 is 5.11 Å². The molecule has 0 aliphatic carbocycles. The van der Waals surface area contributed by atoms with Crippen molar-refractivity contribution in [2.75, 3.05) is 12.0 Å². The van der Waals surface area contributed by atoms with Gasteiger partial charge in [0.05, 0.1) is 18.1 Å². The number of rotatable bonds is 5. The minimum atomic E-state index is -0.433. The Balaban J connectivity index is 3.62. The molecule has 0 aliphatic heterocycles. The molecule has 0 fully saturated rings. The van der Waals surface area contributed by atoms with E-state index in [0.717, 1.165) is 18.6 Å². The normalized spacial score (nSPS) is 15.5. The molecule has 0 saturated heterocycles. The van der Waals surface area contributed by atoms with E-state index in [9.17, 15) is 5.11 Å². The van der Waals surface area contributed by atoms with Crippen molar-refractivity contribution in [3.8, 4) is 6.07 Å². The Bertz CT molecular complexity index is 133. The van der Waals surface area contributed by atoms with E-state index in [-0.39, 0.29) is 5.92 Å². The van der Waals surface area contributed by atoms with Gasteiger partial charge in [0.1, 0.15) is 0 Å². The van der Waals surface area contributed by atoms with Gasteiger partial charge in [-0.25, -0.2) is 0 Å². The first-order chi connectivity index (χ1) is 5.26. The number of nitrogens with zero attached hydrogens (tertiary/aromatic N) is 1. The third kappa shape index (κ3) is 4.28. The zero-order chi connectivity index (χ0) is 8.69. The SMILES string of the molecule is CCC(C#N)C(O)CCSC. The van der Waals surface area contributed by atoms with Crippen molar-refractivity contribution in [2.24, 2.45) is 5.92 Å². The second kappa shape index (κ2) is 6.51. The summed E-state index contributed by atoms with van der Waals surface area (Å²) in [6, 6.07) is 2.10. The molecule has 64 valence electrons. The fourth-order valence-corrected chi connectivity index (χ4v) is 1.37. The van der Waals surface area contributed by atoms with Crippen LogP contribution >= 0.6 is 11.8 Å². The van der Waals surface area contributed by atoms with Crippen LogP contribution in [-0.2, 0) is 0 Å². The largest absolute Gasteiger partial charge is 0.392 e. The van der Waals surface area contributed by atoms with Crippen LogP contribution in [0.4, 0.5) is 0 Å². The molecule has 0 aliphatic rings. The summed E-state index contributed by atoms with van der Waals surface area (Å²) in [7, 11) is 0. The first-order valence-electron chi connectivity index (χ1n) is 3.82. The molecule has 11 heavy (non-hydrogen) atoms. The van der Waals surface area contributed by atoms with Crippen molar-refractivity contribution in [2.45, 2.75) is 25.9 Å². The molecule has 3 heteroatoms. The Kier molecular flexibility index (Phi) is 6.39. The van der Waals surface area contributed by atoms with E-state index in [4.69, 9.17) is 5.26 Å². The molecule has 2 atom stereocenters. The Morgan fingerprint density at radius 3 is 2.64 bits per heavy atom. The lowest BCUT2D eigenvalue weighted by atomic mass is 10.00. The van der Waals surface area contributed by atoms with Gasteiger partial charge in [-0.15, -0.1) is 0 Å². The third-order valence-corrected chi connectivity index (χ3v) is 2.33. The summed E-state index contributed by atoms with van der Waals surface area (Å²) in [5, 5.41) is 18.0. The summed E-state index contributed by atoms with van der Waals surface area (Å²) < 4.78 is 0. The highest BCUT2D eigenvalue weighted by Gasteiger charge is 2.15. The van der Waals surface area contributed by atoms with Crippen molar-refractivity contribution in [3.63, 3.8) is 0 Å². The van der Waals surface area contributed by atoms with E-state index in [1.165, 1.54) is 0 Å². The van der Waals surface area contributed by atoms with Crippen LogP contribution in [0, 0.1) is 17.2 Å². The summed E-state index contributed by atoms with van der Waals surface area (Å²) >= 11 is 1.70. The quantitative estimate of drug-likeness (QED) is 0.687. The molecule has 0 bridgehead atoms. The lowest BCUT2D eigenvalue weighted by Crippen LogP contribution is -2.18. The summed E-state index contributed by atoms with van der Waals surface area (Å²) in [5.74, 6) is 0.751. The molecule has 0 aromatic rings. The highest BCUT2D eigenvalue weighted by Crippen LogP contribution is 2.12. The summed E-state index contributed by atoms with van der Waals surface area (Å²) in [6.45, 7) is 1.93. The number of aliphatic hydroxyl groups excluding tert-OH is 1. The summed E-state index contributed by atoms with van der Waals surface area (Å²) in [6.07, 6.45) is 3.04. The van der Waals surface area contributed by atoms with Gasteiger partial charge in [0.25, 0.3) is 0 Å². The van der Waals surface area contributed by atoms with E-state index in [1.807, 2.05) is 13.2 Å². The number of thioether (sulfide) groups is 1. The Hall–Kier alpha value is -0.200. The average molecular weight is 173 g/mol. The Morgan fingerprint density at radius 2 is 2.27 bits per heavy atom. The minimum Gasteiger partial charge on any atom is -0.392 e. The molecular formula is C8H15NOS. The maximum absolute atomic E-state index is 9.40. The van der Waals surface area contributed by atoms with Crippen molar-refractivity contribution in [3.05, 3.63) is 0 Å². The molecule has 0 aromatic heterocycles. The molecule has 0 spiro atoms. The van der Waals surface area contributed by atoms with Gasteiger partial charge in [0.2, 0.25) is 0 Å². The predicted molar refractivity (Wildman–Crippen MR) is 48.4 cm³/mol. The second-order valence-electron chi connectivity index (χ2n) is 2.49. The van der Waals surface area contributed by atoms with Crippen LogP contribution in [0.15, 0.2) is 0 Å². The summed E-state index contributed by atoms with van der Waals surface area (Å²) in [4.78, 5) is 0. The predicted octanol–water partition coefficient (Wildman–Crippen LogP) is 1.65. The van der Waals surface area contributed by atoms with E-state index in [0.29, 0.717) is 0 Å². The van der Waals surface area contributed by atoms with Gasteiger partial charge >= 0.3 is 0 Å². The first-order valence-corrected chi connectivity index (χ1v) is 5.22. The highest BCUT2D eigenvalue weighted by atomic mass is 32.2. The van der Waals surface area contributed by atoms with Crippen molar-refractivity contribution >= 4 is 11.8 Å². The van der Waals surface area contributed by atoms with Gasteiger partial charge in [0.15, 0.2) is 0 Å². The van der Waals surface area contributed by atoms with Gasteiger partial charge in [-0.1, -0.05) is 6.92 Å². The van der Waals surface area contributed by atoms with Crippen molar-refractivity contribution in [1.29, 1.82) is 5.26 Å². The smallest absolute Gasteiger partial charge is 0.0720 e. The van der Waals surface area contributed by atoms with Crippen LogP contribution in [0.5, 0.6) is 0 Å². The standard InChI is InChI=1S/C8H15NOS/c1-3-7(6-9)8(10)4-5-11-2/h7-8,10H,3-5H2,1-2H3. The Labute approximate surface area is 72.6 Å². The summed E-state index contributed by atoms with van der Waals surface area (Å²) in [5.41, 5.74) is 0. The van der Waals surface area contributed by atoms with Gasteiger partial charge in [0, 0.05) is 0 Å². The molecule has 1 N–H and O–H groups in total. The zero-order valence-corrected chi connectivity index (χ0v) is 7.90.